The van der Waals surface area contributed by atoms with Crippen LogP contribution in [0.3, 0.4) is 0 Å². The van der Waals surface area contributed by atoms with Crippen molar-refractivity contribution in [2.75, 3.05) is 33.0 Å². The van der Waals surface area contributed by atoms with Crippen LogP contribution in [0.4, 0.5) is 0 Å². The van der Waals surface area contributed by atoms with E-state index in [4.69, 9.17) is 9.47 Å². The van der Waals surface area contributed by atoms with Gasteiger partial charge in [0, 0.05) is 18.7 Å². The van der Waals surface area contributed by atoms with Crippen LogP contribution in [-0.4, -0.2) is 43.8 Å². The van der Waals surface area contributed by atoms with E-state index in [9.17, 15) is 4.79 Å². The highest BCUT2D eigenvalue weighted by Crippen LogP contribution is 2.32. The molecule has 0 bridgehead atoms. The highest BCUT2D eigenvalue weighted by atomic mass is 16.7. The lowest BCUT2D eigenvalue weighted by atomic mass is 10.2. The zero-order chi connectivity index (χ0) is 13.1. The van der Waals surface area contributed by atoms with E-state index >= 15 is 0 Å². The molecule has 5 heteroatoms. The number of nitrogens with one attached hydrogen (secondary N) is 1. The maximum absolute atomic E-state index is 12.0. The Labute approximate surface area is 112 Å². The first kappa shape index (κ1) is 12.3. The van der Waals surface area contributed by atoms with Crippen molar-refractivity contribution in [1.82, 2.24) is 10.2 Å². The van der Waals surface area contributed by atoms with Gasteiger partial charge in [0.25, 0.3) is 5.91 Å². The summed E-state index contributed by atoms with van der Waals surface area (Å²) in [6.07, 6.45) is 2.55. The van der Waals surface area contributed by atoms with Gasteiger partial charge < -0.3 is 19.7 Å². The highest BCUT2D eigenvalue weighted by Gasteiger charge is 2.16. The second-order valence-electron chi connectivity index (χ2n) is 4.87. The number of hydrogen-bond acceptors (Lipinski definition) is 4. The van der Waals surface area contributed by atoms with Crippen molar-refractivity contribution >= 4 is 5.91 Å². The molecule has 2 heterocycles. The van der Waals surface area contributed by atoms with Gasteiger partial charge in [0.2, 0.25) is 6.79 Å². The Morgan fingerprint density at radius 2 is 2.00 bits per heavy atom. The zero-order valence-corrected chi connectivity index (χ0v) is 10.9. The molecule has 1 aromatic carbocycles. The van der Waals surface area contributed by atoms with Gasteiger partial charge in [0.1, 0.15) is 0 Å². The van der Waals surface area contributed by atoms with Crippen molar-refractivity contribution in [1.29, 1.82) is 0 Å². The van der Waals surface area contributed by atoms with Crippen LogP contribution < -0.4 is 14.8 Å². The molecule has 1 fully saturated rings. The molecule has 0 atom stereocenters. The van der Waals surface area contributed by atoms with Crippen LogP contribution in [0.5, 0.6) is 11.5 Å². The van der Waals surface area contributed by atoms with Gasteiger partial charge in [-0.25, -0.2) is 0 Å². The molecule has 19 heavy (non-hydrogen) atoms. The molecule has 2 aliphatic heterocycles. The average molecular weight is 262 g/mol. The summed E-state index contributed by atoms with van der Waals surface area (Å²) in [5, 5.41) is 2.94. The van der Waals surface area contributed by atoms with Crippen LogP contribution in [0.1, 0.15) is 23.2 Å². The summed E-state index contributed by atoms with van der Waals surface area (Å²) >= 11 is 0. The molecule has 102 valence electrons. The fourth-order valence-corrected chi connectivity index (χ4v) is 2.47. The second kappa shape index (κ2) is 5.48. The van der Waals surface area contributed by atoms with E-state index in [1.165, 1.54) is 12.8 Å². The molecule has 1 amide bonds. The lowest BCUT2D eigenvalue weighted by Crippen LogP contribution is -2.33. The minimum absolute atomic E-state index is 0.0579. The molecular formula is C14H18N2O3. The van der Waals surface area contributed by atoms with E-state index in [0.717, 1.165) is 19.6 Å². The van der Waals surface area contributed by atoms with Gasteiger partial charge in [-0.3, -0.25) is 4.79 Å². The summed E-state index contributed by atoms with van der Waals surface area (Å²) < 4.78 is 10.5. The largest absolute Gasteiger partial charge is 0.454 e. The molecule has 1 N–H and O–H groups in total. The molecule has 1 saturated heterocycles. The number of benzene rings is 1. The van der Waals surface area contributed by atoms with Crippen molar-refractivity contribution in [3.63, 3.8) is 0 Å². The lowest BCUT2D eigenvalue weighted by molar-refractivity contribution is 0.0949. The van der Waals surface area contributed by atoms with E-state index in [1.807, 2.05) is 0 Å². The summed E-state index contributed by atoms with van der Waals surface area (Å²) in [4.78, 5) is 14.4. The van der Waals surface area contributed by atoms with Crippen molar-refractivity contribution < 1.29 is 14.3 Å². The molecule has 0 spiro atoms. The summed E-state index contributed by atoms with van der Waals surface area (Å²) in [5.41, 5.74) is 0.616. The first-order chi connectivity index (χ1) is 9.33. The fourth-order valence-electron chi connectivity index (χ4n) is 2.47. The summed E-state index contributed by atoms with van der Waals surface area (Å²) in [6.45, 7) is 4.15. The predicted octanol–water partition coefficient (Wildman–Crippen LogP) is 1.24. The number of rotatable bonds is 4. The SMILES string of the molecule is O=C(NCCN1CCCC1)c1ccc2c(c1)OCO2. The molecule has 5 nitrogen and oxygen atoms in total. The third-order valence-electron chi connectivity index (χ3n) is 3.55. The number of hydrogen-bond donors (Lipinski definition) is 1. The number of likely N-dealkylation sites (tertiary alicyclic amines) is 1. The summed E-state index contributed by atoms with van der Waals surface area (Å²) in [6, 6.07) is 5.27. The van der Waals surface area contributed by atoms with Gasteiger partial charge in [-0.15, -0.1) is 0 Å². The van der Waals surface area contributed by atoms with Crippen LogP contribution >= 0.6 is 0 Å². The summed E-state index contributed by atoms with van der Waals surface area (Å²) in [5.74, 6) is 1.29. The standard InChI is InChI=1S/C14H18N2O3/c17-14(15-5-8-16-6-1-2-7-16)11-3-4-12-13(9-11)19-10-18-12/h3-4,9H,1-2,5-8,10H2,(H,15,17). The topological polar surface area (TPSA) is 50.8 Å². The van der Waals surface area contributed by atoms with Gasteiger partial charge in [-0.2, -0.15) is 0 Å². The molecule has 2 aliphatic rings. The Morgan fingerprint density at radius 1 is 1.21 bits per heavy atom. The van der Waals surface area contributed by atoms with Gasteiger partial charge in [0.15, 0.2) is 11.5 Å². The Bertz CT molecular complexity index is 470. The average Bonchev–Trinajstić information content (AvgIpc) is 3.08. The minimum Gasteiger partial charge on any atom is -0.454 e. The van der Waals surface area contributed by atoms with Crippen LogP contribution in [0.2, 0.25) is 0 Å². The van der Waals surface area contributed by atoms with Crippen LogP contribution in [0.15, 0.2) is 18.2 Å². The third kappa shape index (κ3) is 2.81. The second-order valence-corrected chi connectivity index (χ2v) is 4.87. The van der Waals surface area contributed by atoms with E-state index in [1.54, 1.807) is 18.2 Å². The number of fused-ring (bicyclic) bond motifs is 1. The number of nitrogens with zero attached hydrogens (tertiary/aromatic N) is 1. The number of carbonyl (C=O) groups is 1. The molecule has 3 rings (SSSR count). The van der Waals surface area contributed by atoms with Crippen molar-refractivity contribution in [2.45, 2.75) is 12.8 Å². The van der Waals surface area contributed by atoms with Crippen molar-refractivity contribution in [3.8, 4) is 11.5 Å². The Kier molecular flexibility index (Phi) is 3.55. The monoisotopic (exact) mass is 262 g/mol. The molecule has 0 radical (unpaired) electrons. The van der Waals surface area contributed by atoms with Gasteiger partial charge in [-0.05, 0) is 44.1 Å². The molecule has 0 aromatic heterocycles. The van der Waals surface area contributed by atoms with E-state index in [2.05, 4.69) is 10.2 Å². The fraction of sp³-hybridized carbons (Fsp3) is 0.500. The van der Waals surface area contributed by atoms with E-state index < -0.39 is 0 Å². The first-order valence-electron chi connectivity index (χ1n) is 6.73. The zero-order valence-electron chi connectivity index (χ0n) is 10.9. The molecule has 1 aromatic rings. The van der Waals surface area contributed by atoms with Gasteiger partial charge in [0.05, 0.1) is 0 Å². The molecular weight excluding hydrogens is 244 g/mol. The number of ether oxygens (including phenoxy) is 2. The first-order valence-corrected chi connectivity index (χ1v) is 6.73. The minimum atomic E-state index is -0.0579. The smallest absolute Gasteiger partial charge is 0.251 e. The number of amides is 1. The van der Waals surface area contributed by atoms with Crippen LogP contribution in [0, 0.1) is 0 Å². The maximum Gasteiger partial charge on any atom is 0.251 e. The van der Waals surface area contributed by atoms with Crippen LogP contribution in [-0.2, 0) is 0 Å². The van der Waals surface area contributed by atoms with Gasteiger partial charge in [-0.1, -0.05) is 0 Å². The molecule has 0 unspecified atom stereocenters. The third-order valence-corrected chi connectivity index (χ3v) is 3.55. The Balaban J connectivity index is 1.52. The van der Waals surface area contributed by atoms with Crippen molar-refractivity contribution in [3.05, 3.63) is 23.8 Å². The predicted molar refractivity (Wildman–Crippen MR) is 70.6 cm³/mol. The Morgan fingerprint density at radius 3 is 2.84 bits per heavy atom. The normalized spacial score (nSPS) is 17.7. The number of carbonyl (C=O) groups excluding carboxylic acids is 1. The molecule has 0 saturated carbocycles. The van der Waals surface area contributed by atoms with Crippen LogP contribution in [0.25, 0.3) is 0 Å². The van der Waals surface area contributed by atoms with E-state index in [-0.39, 0.29) is 12.7 Å². The van der Waals surface area contributed by atoms with Crippen molar-refractivity contribution in [2.24, 2.45) is 0 Å². The lowest BCUT2D eigenvalue weighted by Gasteiger charge is -2.14. The van der Waals surface area contributed by atoms with Gasteiger partial charge >= 0.3 is 0 Å². The maximum atomic E-state index is 12.0. The quantitative estimate of drug-likeness (QED) is 0.887. The van der Waals surface area contributed by atoms with E-state index in [0.29, 0.717) is 23.6 Å². The molecule has 0 aliphatic carbocycles. The highest BCUT2D eigenvalue weighted by molar-refractivity contribution is 5.94. The summed E-state index contributed by atoms with van der Waals surface area (Å²) in [7, 11) is 0. The Hall–Kier alpha value is -1.75.